The molecule has 11 heterocycles. The van der Waals surface area contributed by atoms with E-state index in [4.69, 9.17) is 75.4 Å². The van der Waals surface area contributed by atoms with Crippen molar-refractivity contribution in [1.82, 2.24) is 65.4 Å². The Balaban J connectivity index is 0.000000172. The van der Waals surface area contributed by atoms with Crippen LogP contribution in [-0.2, 0) is 96.2 Å². The molecular weight excluding hydrogens is 1760 g/mol. The third-order valence-corrected chi connectivity index (χ3v) is 23.6. The molecule has 0 aliphatic carbocycles. The van der Waals surface area contributed by atoms with Crippen molar-refractivity contribution in [3.63, 3.8) is 0 Å². The number of β-amino-alcohol motifs (C(OH)–C–C–N with tert-alkyl or cyclic N) is 1. The van der Waals surface area contributed by atoms with Gasteiger partial charge in [-0.2, -0.15) is 0 Å². The monoisotopic (exact) mass is 1860 g/mol. The molecule has 5 fully saturated rings. The molecule has 9 N–H and O–H groups in total. The number of amidine groups is 2. The van der Waals surface area contributed by atoms with E-state index in [2.05, 4.69) is 86.4 Å². The number of ether oxygens (including phenoxy) is 6. The molecule has 14 rings (SSSR count). The van der Waals surface area contributed by atoms with Crippen molar-refractivity contribution < 1.29 is 112 Å². The number of nitrogen functional groups attached to an aromatic ring is 2. The number of hydroxylamine groups is 4. The number of aliphatic hydroxyl groups is 1. The van der Waals surface area contributed by atoms with Gasteiger partial charge in [0.05, 0.1) is 169 Å². The summed E-state index contributed by atoms with van der Waals surface area (Å²) in [6.45, 7) is 29.4. The van der Waals surface area contributed by atoms with Crippen LogP contribution in [-0.4, -0.2) is 299 Å². The summed E-state index contributed by atoms with van der Waals surface area (Å²) < 4.78 is 69.2. The molecule has 2 amide bonds. The van der Waals surface area contributed by atoms with Crippen molar-refractivity contribution in [2.75, 3.05) is 216 Å². The number of nitrogens with one attached hydrogen (secondary N) is 2. The number of halogens is 3. The molecule has 622 valence electrons. The number of carbonyl (C=O) groups is 4. The number of nitrogens with two attached hydrogens (primary N) is 3. The van der Waals surface area contributed by atoms with Crippen molar-refractivity contribution >= 4 is 63.3 Å². The Kier molecular flexibility index (Phi) is 38.5. The molecule has 2 atom stereocenters. The fourth-order valence-electron chi connectivity index (χ4n) is 12.9. The van der Waals surface area contributed by atoms with Crippen LogP contribution in [0.5, 0.6) is 5.88 Å². The summed E-state index contributed by atoms with van der Waals surface area (Å²) in [5.41, 5.74) is 26.1. The minimum atomic E-state index is -2.04. The van der Waals surface area contributed by atoms with Crippen LogP contribution >= 0.6 is 15.9 Å². The van der Waals surface area contributed by atoms with Crippen LogP contribution < -0.4 is 33.1 Å². The number of methoxy groups -OCH3 is 1. The maximum Gasteiger partial charge on any atom is 0.285 e. The van der Waals surface area contributed by atoms with Gasteiger partial charge in [-0.1, -0.05) is 46.3 Å². The van der Waals surface area contributed by atoms with Gasteiger partial charge in [0.15, 0.2) is 11.7 Å². The van der Waals surface area contributed by atoms with Crippen LogP contribution in [0.2, 0.25) is 0 Å². The Hall–Kier alpha value is -7.97. The quantitative estimate of drug-likeness (QED) is 0.0230. The zero-order valence-electron chi connectivity index (χ0n) is 65.7. The molecule has 0 spiro atoms. The molecule has 39 heteroatoms. The van der Waals surface area contributed by atoms with Gasteiger partial charge in [0.1, 0.15) is 11.6 Å². The van der Waals surface area contributed by atoms with Gasteiger partial charge in [0.25, 0.3) is 11.8 Å². The van der Waals surface area contributed by atoms with Gasteiger partial charge in [-0.3, -0.25) is 58.6 Å². The number of carbonyl (C=O) groups excluding carboxylic acids is 4. The minimum absolute atomic E-state index is 0.193. The first-order chi connectivity index (χ1) is 55.8. The Bertz CT molecular complexity index is 4110. The van der Waals surface area contributed by atoms with E-state index in [1.807, 2.05) is 26.0 Å². The Morgan fingerprint density at radius 1 is 0.548 bits per heavy atom. The summed E-state index contributed by atoms with van der Waals surface area (Å²) in [5.74, 6) is 4.65. The van der Waals surface area contributed by atoms with E-state index in [1.54, 1.807) is 49.6 Å². The van der Waals surface area contributed by atoms with Crippen LogP contribution in [0, 0.1) is 25.5 Å². The van der Waals surface area contributed by atoms with E-state index in [0.717, 1.165) is 189 Å². The number of aromatic nitrogens is 5. The first-order valence-electron chi connectivity index (χ1n) is 38.0. The molecule has 5 saturated heterocycles. The normalized spacial score (nSPS) is 18.3. The zero-order chi connectivity index (χ0) is 81.9. The van der Waals surface area contributed by atoms with Crippen LogP contribution in [0.1, 0.15) is 91.7 Å². The minimum Gasteiger partial charge on any atom is -0.481 e. The second-order valence-corrected chi connectivity index (χ2v) is 30.8. The van der Waals surface area contributed by atoms with Crippen LogP contribution in [0.25, 0.3) is 11.3 Å². The number of fused-ring (bicyclic) bond motifs is 3. The number of hydrogen-bond acceptors (Lipinski definition) is 34. The number of anilines is 2. The maximum atomic E-state index is 14.4. The topological polar surface area (TPSA) is 410 Å². The molecule has 35 nitrogen and oxygen atoms in total. The van der Waals surface area contributed by atoms with Crippen LogP contribution in [0.15, 0.2) is 93.3 Å². The summed E-state index contributed by atoms with van der Waals surface area (Å²) in [6, 6.07) is 20.7. The summed E-state index contributed by atoms with van der Waals surface area (Å²) in [6.07, 6.45) is 0.997. The van der Waals surface area contributed by atoms with E-state index in [0.29, 0.717) is 109 Å². The SMILES string of the molecule is CC(=O)[O][Hg][O]C(C)=O.COc1cccc(-c2cc(F)ccc2[C@H]2Cc3nc(N)nc(C)c3C(NOCCN3CCOCC3)=N2)n1.Cc1nc(N)nc2c1C(NOCCN1CCOCC1)=N[C@@H](c1ccc(F)cc1Br)C2.NOCCN1CCOCC1.O=C1c2ccccc2C(=O)N1OCCN1CCOCC1.OCCN1CCOCC1. The van der Waals surface area contributed by atoms with Crippen molar-refractivity contribution in [1.29, 1.82) is 0 Å². The number of benzene rings is 3. The van der Waals surface area contributed by atoms with Gasteiger partial charge in [-0.05, 0) is 67.4 Å². The van der Waals surface area contributed by atoms with Crippen LogP contribution in [0.3, 0.4) is 0 Å². The van der Waals surface area contributed by atoms with E-state index in [1.165, 1.54) is 38.1 Å². The number of hydrogen-bond donors (Lipinski definition) is 6. The van der Waals surface area contributed by atoms with Crippen molar-refractivity contribution in [2.24, 2.45) is 15.9 Å². The average molecular weight is 1860 g/mol. The maximum absolute atomic E-state index is 14.4. The van der Waals surface area contributed by atoms with E-state index < -0.39 is 25.5 Å². The molecule has 8 aliphatic rings. The summed E-state index contributed by atoms with van der Waals surface area (Å²) in [5, 5.41) is 9.40. The first-order valence-corrected chi connectivity index (χ1v) is 43.3. The number of imide groups is 1. The summed E-state index contributed by atoms with van der Waals surface area (Å²) >= 11 is 1.41. The van der Waals surface area contributed by atoms with Gasteiger partial charge in [-0.15, -0.1) is 5.06 Å². The number of nitrogens with zero attached hydrogens (tertiary/aromatic N) is 13. The standard InChI is InChI=1S/C26H30FN7O3.C20H24BrFN6O2.C14H16N2O4.C6H14N2O2.C6H13NO2.2C2H4O2.Hg/c1-16-24-22(32-26(28)29-16)15-21(31-25(24)33-37-13-10-34-8-11-36-12-9-34)18-7-6-17(27)14-19(18)20-4-3-5-23(30-20)35-2;1-12-18-17(26-20(23)24-12)11-16(14-3-2-13(22)10-15(14)21)25-19(18)27-30-9-6-28-4-7-29-8-5-28;17-13-11-3-1-2-4-12(11)14(18)16(13)20-10-7-15-5-8-19-9-6-15;7-10-6-3-8-1-4-9-5-2-8;8-4-1-7-2-5-9-6-3-7;2*1-2(3)4;/h3-7,14,21H,8-13,15H2,1-2H3,(H,31,33)(H2,28,29,32);2-3,10,16H,4-9,11H2,1H3,(H,25,27)(H2,23,24,26);1-4H,5-10H2;1-7H2;8H,1-6H2;2*1H3,(H,3,4);/q;;;;;;;+2/p-2/t21-;16-;;;;;;/m11....../s1. The third-order valence-electron chi connectivity index (χ3n) is 18.8. The molecular formula is C76H103BrF2HgN18O17. The Morgan fingerprint density at radius 2 is 0.965 bits per heavy atom. The number of amides is 2. The number of pyridine rings is 1. The number of aliphatic imine (C=N–C) groups is 2. The molecule has 3 aromatic heterocycles. The van der Waals surface area contributed by atoms with E-state index >= 15 is 0 Å². The van der Waals surface area contributed by atoms with E-state index in [-0.39, 0.29) is 66.0 Å². The number of aryl methyl sites for hydroxylation is 2. The largest absolute Gasteiger partial charge is 0.481 e. The second kappa shape index (κ2) is 48.7. The van der Waals surface area contributed by atoms with Gasteiger partial charge >= 0.3 is 66.2 Å². The fourth-order valence-corrected chi connectivity index (χ4v) is 15.0. The van der Waals surface area contributed by atoms with Crippen molar-refractivity contribution in [2.45, 2.75) is 52.6 Å². The van der Waals surface area contributed by atoms with Crippen LogP contribution in [0.4, 0.5) is 20.7 Å². The van der Waals surface area contributed by atoms with Gasteiger partial charge in [0.2, 0.25) is 17.8 Å². The molecule has 3 aromatic carbocycles. The summed E-state index contributed by atoms with van der Waals surface area (Å²) in [7, 11) is 1.55. The van der Waals surface area contributed by atoms with E-state index in [9.17, 15) is 28.0 Å². The predicted octanol–water partition coefficient (Wildman–Crippen LogP) is 3.73. The molecule has 115 heavy (non-hydrogen) atoms. The van der Waals surface area contributed by atoms with Gasteiger partial charge < -0.3 is 49.8 Å². The fraction of sp³-hybridized carbons (Fsp3) is 0.513. The predicted molar refractivity (Wildman–Crippen MR) is 417 cm³/mol. The first kappa shape index (κ1) is 90.9. The summed E-state index contributed by atoms with van der Waals surface area (Å²) in [4.78, 5) is 109. The number of aliphatic hydroxyl groups excluding tert-OH is 1. The molecule has 0 bridgehead atoms. The Morgan fingerprint density at radius 3 is 1.39 bits per heavy atom. The third kappa shape index (κ3) is 29.3. The smallest absolute Gasteiger partial charge is 0.285 e. The molecule has 6 aromatic rings. The second-order valence-electron chi connectivity index (χ2n) is 26.8. The zero-order valence-corrected chi connectivity index (χ0v) is 72.7. The average Bonchev–Trinajstić information content (AvgIpc) is 1.27. The Labute approximate surface area is 688 Å². The molecule has 0 unspecified atom stereocenters. The number of rotatable bonds is 23. The van der Waals surface area contributed by atoms with Crippen molar-refractivity contribution in [3.8, 4) is 17.1 Å². The van der Waals surface area contributed by atoms with Gasteiger partial charge in [0, 0.05) is 127 Å². The van der Waals surface area contributed by atoms with Gasteiger partial charge in [-0.25, -0.2) is 50.6 Å². The molecule has 0 radical (unpaired) electrons. The number of morpholine rings is 5. The molecule has 8 aliphatic heterocycles. The van der Waals surface area contributed by atoms with Crippen molar-refractivity contribution in [3.05, 3.63) is 151 Å². The molecule has 0 saturated carbocycles.